The fourth-order valence-electron chi connectivity index (χ4n) is 3.59. The highest BCUT2D eigenvalue weighted by Gasteiger charge is 2.48. The Morgan fingerprint density at radius 2 is 1.59 bits per heavy atom. The summed E-state index contributed by atoms with van der Waals surface area (Å²) in [5.41, 5.74) is 10.3. The molecule has 0 amide bonds. The van der Waals surface area contributed by atoms with Gasteiger partial charge in [0, 0.05) is 4.91 Å². The minimum atomic E-state index is -5.14. The molecule has 1 aliphatic rings. The molecule has 0 aromatic heterocycles. The Bertz CT molecular complexity index is 1200. The van der Waals surface area contributed by atoms with Crippen LogP contribution in [0.1, 0.15) is 11.1 Å². The van der Waals surface area contributed by atoms with E-state index in [4.69, 9.17) is 24.5 Å². The highest BCUT2D eigenvalue weighted by atomic mass is 32.3. The van der Waals surface area contributed by atoms with E-state index < -0.39 is 60.5 Å². The van der Waals surface area contributed by atoms with Crippen molar-refractivity contribution in [3.8, 4) is 5.75 Å². The van der Waals surface area contributed by atoms with Crippen LogP contribution >= 0.6 is 0 Å². The van der Waals surface area contributed by atoms with Crippen molar-refractivity contribution in [2.45, 2.75) is 50.1 Å². The lowest BCUT2D eigenvalue weighted by Gasteiger charge is -2.42. The molecule has 0 spiro atoms. The van der Waals surface area contributed by atoms with Gasteiger partial charge in [0.05, 0.1) is 26.9 Å². The van der Waals surface area contributed by atoms with Crippen LogP contribution in [0.25, 0.3) is 10.4 Å². The molecule has 1 saturated heterocycles. The molecule has 0 N–H and O–H groups in total. The Morgan fingerprint density at radius 1 is 0.974 bits per heavy atom. The van der Waals surface area contributed by atoms with Crippen molar-refractivity contribution < 1.29 is 53.3 Å². The first-order valence-electron chi connectivity index (χ1n) is 11.4. The fraction of sp³-hybridized carbons (Fsp3) is 0.478. The quantitative estimate of drug-likeness (QED) is 0.148. The number of benzene rings is 2. The number of rotatable bonds is 13. The van der Waals surface area contributed by atoms with Gasteiger partial charge in [-0.1, -0.05) is 47.6 Å². The summed E-state index contributed by atoms with van der Waals surface area (Å²) in [6.07, 6.45) is -11.3. The van der Waals surface area contributed by atoms with Crippen LogP contribution in [-0.2, 0) is 46.2 Å². The van der Waals surface area contributed by atoms with Crippen LogP contribution in [0.2, 0.25) is 0 Å². The zero-order valence-corrected chi connectivity index (χ0v) is 21.3. The second-order valence-electron chi connectivity index (χ2n) is 8.18. The summed E-state index contributed by atoms with van der Waals surface area (Å²) >= 11 is 0. The van der Waals surface area contributed by atoms with E-state index in [2.05, 4.69) is 18.4 Å². The molecule has 1 fully saturated rings. The molecule has 39 heavy (non-hydrogen) atoms. The van der Waals surface area contributed by atoms with Crippen molar-refractivity contribution >= 4 is 10.4 Å². The van der Waals surface area contributed by atoms with E-state index >= 15 is 0 Å². The first kappa shape index (κ1) is 30.6. The van der Waals surface area contributed by atoms with E-state index in [1.54, 1.807) is 54.6 Å². The maximum atomic E-state index is 15.0. The van der Waals surface area contributed by atoms with E-state index in [0.29, 0.717) is 16.9 Å². The van der Waals surface area contributed by atoms with Gasteiger partial charge in [-0.2, -0.15) is 21.6 Å². The van der Waals surface area contributed by atoms with Crippen LogP contribution < -0.4 is 4.74 Å². The third-order valence-corrected chi connectivity index (χ3v) is 6.25. The van der Waals surface area contributed by atoms with Gasteiger partial charge in [-0.3, -0.25) is 0 Å². The van der Waals surface area contributed by atoms with Crippen molar-refractivity contribution in [2.24, 2.45) is 5.11 Å². The molecule has 0 radical (unpaired) electrons. The maximum absolute atomic E-state index is 15.0. The molecule has 16 heteroatoms. The lowest BCUT2D eigenvalue weighted by atomic mass is 9.97. The van der Waals surface area contributed by atoms with Gasteiger partial charge in [0.1, 0.15) is 30.1 Å². The van der Waals surface area contributed by atoms with E-state index in [0.717, 1.165) is 0 Å². The predicted octanol–water partition coefficient (Wildman–Crippen LogP) is 4.38. The topological polar surface area (TPSA) is 138 Å². The predicted molar refractivity (Wildman–Crippen MR) is 126 cm³/mol. The first-order valence-corrected chi connectivity index (χ1v) is 12.7. The van der Waals surface area contributed by atoms with E-state index in [-0.39, 0.29) is 13.2 Å². The van der Waals surface area contributed by atoms with Crippen LogP contribution in [0.4, 0.5) is 17.6 Å². The standard InChI is InChI=1S/C23H25F4N3O8S/c1-33-17-9-7-16(8-10-17)12-34-20-18(13-36-39(31,32)37-14-23(25,26)27)38-22(24)19(29-30-28)21(20)35-11-15-5-3-2-4-6-15/h2-10,18-22H,11-14H2,1H3/t18-,19-,20-,21-,22?/m1/s1. The average Bonchev–Trinajstić information content (AvgIpc) is 2.91. The second kappa shape index (κ2) is 13.9. The van der Waals surface area contributed by atoms with Crippen LogP contribution in [0.15, 0.2) is 59.7 Å². The minimum Gasteiger partial charge on any atom is -0.497 e. The van der Waals surface area contributed by atoms with Crippen molar-refractivity contribution in [1.82, 2.24) is 0 Å². The number of azide groups is 1. The van der Waals surface area contributed by atoms with Gasteiger partial charge in [0.2, 0.25) is 6.36 Å². The number of methoxy groups -OCH3 is 1. The van der Waals surface area contributed by atoms with Gasteiger partial charge in [-0.25, -0.2) is 12.8 Å². The molecule has 11 nitrogen and oxygen atoms in total. The Kier molecular flexibility index (Phi) is 10.9. The Morgan fingerprint density at radius 3 is 2.18 bits per heavy atom. The molecular weight excluding hydrogens is 554 g/mol. The highest BCUT2D eigenvalue weighted by Crippen LogP contribution is 2.31. The third-order valence-electron chi connectivity index (χ3n) is 5.42. The smallest absolute Gasteiger partial charge is 0.413 e. The van der Waals surface area contributed by atoms with Crippen LogP contribution in [0.5, 0.6) is 5.75 Å². The van der Waals surface area contributed by atoms with Crippen LogP contribution in [-0.4, -0.2) is 65.6 Å². The van der Waals surface area contributed by atoms with Gasteiger partial charge >= 0.3 is 16.6 Å². The number of alkyl halides is 4. The van der Waals surface area contributed by atoms with Gasteiger partial charge in [-0.05, 0) is 28.8 Å². The lowest BCUT2D eigenvalue weighted by molar-refractivity contribution is -0.248. The van der Waals surface area contributed by atoms with Crippen molar-refractivity contribution in [1.29, 1.82) is 0 Å². The largest absolute Gasteiger partial charge is 0.497 e. The third kappa shape index (κ3) is 9.61. The average molecular weight is 580 g/mol. The van der Waals surface area contributed by atoms with Crippen molar-refractivity contribution in [2.75, 3.05) is 20.3 Å². The van der Waals surface area contributed by atoms with Gasteiger partial charge in [-0.15, -0.1) is 0 Å². The molecule has 0 bridgehead atoms. The molecule has 1 aliphatic heterocycles. The SMILES string of the molecule is COc1ccc(CO[C@H]2[C@H](OCc3ccccc3)[C@@H](N=[N+]=[N-])C(F)O[C@@H]2COS(=O)(=O)OCC(F)(F)F)cc1. The minimum absolute atomic E-state index is 0.0708. The van der Waals surface area contributed by atoms with Gasteiger partial charge in [0.15, 0.2) is 6.61 Å². The molecule has 2 aromatic carbocycles. The van der Waals surface area contributed by atoms with E-state index in [9.17, 15) is 26.0 Å². The molecule has 0 saturated carbocycles. The molecule has 2 aromatic rings. The number of ether oxygens (including phenoxy) is 4. The molecule has 214 valence electrons. The number of hydrogen-bond donors (Lipinski definition) is 0. The summed E-state index contributed by atoms with van der Waals surface area (Å²) in [6.45, 7) is -3.29. The summed E-state index contributed by atoms with van der Waals surface area (Å²) < 4.78 is 106. The van der Waals surface area contributed by atoms with Crippen LogP contribution in [0, 0.1) is 0 Å². The van der Waals surface area contributed by atoms with Gasteiger partial charge in [0.25, 0.3) is 0 Å². The Hall–Kier alpha value is -2.98. The summed E-state index contributed by atoms with van der Waals surface area (Å²) in [5.74, 6) is 0.572. The van der Waals surface area contributed by atoms with Crippen molar-refractivity contribution in [3.05, 3.63) is 76.2 Å². The maximum Gasteiger partial charge on any atom is 0.413 e. The Balaban J connectivity index is 1.83. The number of halogens is 4. The Labute approximate surface area is 221 Å². The summed E-state index contributed by atoms with van der Waals surface area (Å²) in [4.78, 5) is 2.65. The summed E-state index contributed by atoms with van der Waals surface area (Å²) in [7, 11) is -3.66. The molecule has 0 aliphatic carbocycles. The number of hydrogen-bond acceptors (Lipinski definition) is 9. The normalized spacial score (nSPS) is 23.7. The zero-order valence-electron chi connectivity index (χ0n) is 20.4. The van der Waals surface area contributed by atoms with E-state index in [1.165, 1.54) is 7.11 Å². The molecule has 5 atom stereocenters. The van der Waals surface area contributed by atoms with E-state index in [1.807, 2.05) is 0 Å². The number of nitrogens with zero attached hydrogens (tertiary/aromatic N) is 3. The monoisotopic (exact) mass is 579 g/mol. The van der Waals surface area contributed by atoms with Crippen molar-refractivity contribution in [3.63, 3.8) is 0 Å². The first-order chi connectivity index (χ1) is 18.5. The van der Waals surface area contributed by atoms with Gasteiger partial charge < -0.3 is 18.9 Å². The molecular formula is C23H25F4N3O8S. The molecule has 1 heterocycles. The molecule has 1 unspecified atom stereocenters. The summed E-state index contributed by atoms with van der Waals surface area (Å²) in [6, 6.07) is 13.8. The second-order valence-corrected chi connectivity index (χ2v) is 9.46. The highest BCUT2D eigenvalue weighted by molar-refractivity contribution is 7.81. The van der Waals surface area contributed by atoms with Crippen LogP contribution in [0.3, 0.4) is 0 Å². The summed E-state index contributed by atoms with van der Waals surface area (Å²) in [5, 5.41) is 3.44. The molecule has 3 rings (SSSR count). The lowest BCUT2D eigenvalue weighted by Crippen LogP contribution is -2.58. The zero-order chi connectivity index (χ0) is 28.5. The fourth-order valence-corrected chi connectivity index (χ4v) is 4.24.